The van der Waals surface area contributed by atoms with Gasteiger partial charge in [-0.1, -0.05) is 12.1 Å². The fraction of sp³-hybridized carbons (Fsp3) is 0.538. The van der Waals surface area contributed by atoms with Gasteiger partial charge in [0.05, 0.1) is 0 Å². The molecule has 2 atom stereocenters. The van der Waals surface area contributed by atoms with Crippen molar-refractivity contribution < 1.29 is 9.50 Å². The van der Waals surface area contributed by atoms with Gasteiger partial charge in [-0.05, 0) is 43.4 Å². The normalized spacial score (nSPS) is 25.5. The summed E-state index contributed by atoms with van der Waals surface area (Å²) in [5.74, 6) is -0.141. The highest BCUT2D eigenvalue weighted by atomic mass is 19.1. The highest BCUT2D eigenvalue weighted by Gasteiger charge is 2.42. The Morgan fingerprint density at radius 3 is 2.94 bits per heavy atom. The van der Waals surface area contributed by atoms with E-state index in [1.54, 1.807) is 6.07 Å². The molecule has 1 aromatic rings. The number of aliphatic hydroxyl groups excluding tert-OH is 1. The van der Waals surface area contributed by atoms with E-state index < -0.39 is 0 Å². The lowest BCUT2D eigenvalue weighted by Gasteiger charge is -2.34. The van der Waals surface area contributed by atoms with E-state index in [2.05, 4.69) is 0 Å². The number of benzene rings is 1. The summed E-state index contributed by atoms with van der Waals surface area (Å²) < 4.78 is 13.6. The smallest absolute Gasteiger partial charge is 0.126 e. The first-order valence-corrected chi connectivity index (χ1v) is 5.76. The fourth-order valence-corrected chi connectivity index (χ4v) is 2.92. The van der Waals surface area contributed by atoms with Crippen LogP contribution >= 0.6 is 0 Å². The third kappa shape index (κ3) is 1.55. The zero-order valence-electron chi connectivity index (χ0n) is 9.54. The molecule has 0 saturated carbocycles. The third-order valence-electron chi connectivity index (χ3n) is 3.91. The van der Waals surface area contributed by atoms with E-state index in [0.717, 1.165) is 24.0 Å². The van der Waals surface area contributed by atoms with Crippen LogP contribution in [0.15, 0.2) is 18.2 Å². The zero-order chi connectivity index (χ0) is 11.8. The molecule has 0 aromatic heterocycles. The Kier molecular flexibility index (Phi) is 3.00. The van der Waals surface area contributed by atoms with Crippen LogP contribution in [-0.4, -0.2) is 17.8 Å². The number of rotatable bonds is 3. The predicted octanol–water partition coefficient (Wildman–Crippen LogP) is 1.74. The maximum Gasteiger partial charge on any atom is 0.126 e. The van der Waals surface area contributed by atoms with Gasteiger partial charge in [-0.15, -0.1) is 0 Å². The van der Waals surface area contributed by atoms with Crippen molar-refractivity contribution in [1.82, 2.24) is 0 Å². The van der Waals surface area contributed by atoms with Gasteiger partial charge in [0, 0.05) is 18.1 Å². The van der Waals surface area contributed by atoms with Crippen LogP contribution in [0, 0.1) is 5.82 Å². The minimum absolute atomic E-state index is 0.0669. The van der Waals surface area contributed by atoms with E-state index in [1.807, 2.05) is 13.0 Å². The Bertz CT molecular complexity index is 392. The van der Waals surface area contributed by atoms with Gasteiger partial charge in [-0.2, -0.15) is 0 Å². The van der Waals surface area contributed by atoms with E-state index in [-0.39, 0.29) is 23.9 Å². The summed E-state index contributed by atoms with van der Waals surface area (Å²) >= 11 is 0. The molecule has 0 heterocycles. The first-order chi connectivity index (χ1) is 7.62. The molecule has 1 aliphatic rings. The second-order valence-electron chi connectivity index (χ2n) is 4.68. The van der Waals surface area contributed by atoms with Crippen molar-refractivity contribution in [2.24, 2.45) is 5.73 Å². The van der Waals surface area contributed by atoms with E-state index in [1.165, 1.54) is 6.07 Å². The molecule has 0 fully saturated rings. The number of halogens is 1. The molecule has 0 bridgehead atoms. The molecule has 0 amide bonds. The quantitative estimate of drug-likeness (QED) is 0.820. The molecule has 1 aliphatic carbocycles. The number of fused-ring (bicyclic) bond motifs is 1. The molecule has 2 unspecified atom stereocenters. The molecule has 0 radical (unpaired) electrons. The van der Waals surface area contributed by atoms with Gasteiger partial charge in [0.15, 0.2) is 0 Å². The van der Waals surface area contributed by atoms with E-state index in [0.29, 0.717) is 6.42 Å². The minimum Gasteiger partial charge on any atom is -0.396 e. The molecule has 3 heteroatoms. The van der Waals surface area contributed by atoms with Gasteiger partial charge in [0.1, 0.15) is 5.82 Å². The van der Waals surface area contributed by atoms with Crippen LogP contribution < -0.4 is 5.73 Å². The molecule has 2 rings (SSSR count). The summed E-state index contributed by atoms with van der Waals surface area (Å²) in [6, 6.07) is 5.11. The van der Waals surface area contributed by atoms with Gasteiger partial charge < -0.3 is 10.8 Å². The van der Waals surface area contributed by atoms with E-state index >= 15 is 0 Å². The zero-order valence-corrected chi connectivity index (χ0v) is 9.54. The van der Waals surface area contributed by atoms with Crippen molar-refractivity contribution in [1.29, 1.82) is 0 Å². The molecule has 88 valence electrons. The van der Waals surface area contributed by atoms with Gasteiger partial charge in [0.2, 0.25) is 0 Å². The predicted molar refractivity (Wildman–Crippen MR) is 61.8 cm³/mol. The number of hydrogen-bond acceptors (Lipinski definition) is 2. The van der Waals surface area contributed by atoms with Gasteiger partial charge >= 0.3 is 0 Å². The van der Waals surface area contributed by atoms with Crippen LogP contribution in [0.5, 0.6) is 0 Å². The van der Waals surface area contributed by atoms with E-state index in [4.69, 9.17) is 5.73 Å². The molecule has 3 N–H and O–H groups in total. The molecule has 16 heavy (non-hydrogen) atoms. The summed E-state index contributed by atoms with van der Waals surface area (Å²) in [6.45, 7) is 2.03. The summed E-state index contributed by atoms with van der Waals surface area (Å²) in [7, 11) is 0. The number of hydrogen-bond donors (Lipinski definition) is 2. The Balaban J connectivity index is 2.50. The van der Waals surface area contributed by atoms with Crippen LogP contribution in [0.1, 0.15) is 30.9 Å². The van der Waals surface area contributed by atoms with E-state index in [9.17, 15) is 9.50 Å². The molecule has 0 saturated heterocycles. The SMILES string of the molecule is CC(N)C1(CCO)CCc2c(F)cccc21. The minimum atomic E-state index is -0.244. The van der Waals surface area contributed by atoms with Crippen LogP contribution in [0.2, 0.25) is 0 Å². The summed E-state index contributed by atoms with van der Waals surface area (Å²) in [6.07, 6.45) is 2.17. The van der Waals surface area contributed by atoms with Gasteiger partial charge in [-0.3, -0.25) is 0 Å². The molecule has 1 aromatic carbocycles. The third-order valence-corrected chi connectivity index (χ3v) is 3.91. The number of aliphatic hydroxyl groups is 1. The second-order valence-corrected chi connectivity index (χ2v) is 4.68. The Morgan fingerprint density at radius 1 is 1.56 bits per heavy atom. The van der Waals surface area contributed by atoms with Crippen molar-refractivity contribution in [2.45, 2.75) is 37.6 Å². The van der Waals surface area contributed by atoms with Gasteiger partial charge in [-0.25, -0.2) is 4.39 Å². The largest absolute Gasteiger partial charge is 0.396 e. The van der Waals surface area contributed by atoms with Crippen LogP contribution in [0.25, 0.3) is 0 Å². The standard InChI is InChI=1S/C13H18FNO/c1-9(15)13(7-8-16)6-5-10-11(13)3-2-4-12(10)14/h2-4,9,16H,5-8,15H2,1H3. The monoisotopic (exact) mass is 223 g/mol. The lowest BCUT2D eigenvalue weighted by Crippen LogP contribution is -2.42. The van der Waals surface area contributed by atoms with Crippen LogP contribution in [0.4, 0.5) is 4.39 Å². The first kappa shape index (κ1) is 11.6. The Morgan fingerprint density at radius 2 is 2.31 bits per heavy atom. The average molecular weight is 223 g/mol. The summed E-state index contributed by atoms with van der Waals surface area (Å²) in [4.78, 5) is 0. The molecule has 0 aliphatic heterocycles. The Hall–Kier alpha value is -0.930. The topological polar surface area (TPSA) is 46.2 Å². The maximum atomic E-state index is 13.6. The fourth-order valence-electron chi connectivity index (χ4n) is 2.92. The maximum absolute atomic E-state index is 13.6. The first-order valence-electron chi connectivity index (χ1n) is 5.76. The van der Waals surface area contributed by atoms with Crippen LogP contribution in [0.3, 0.4) is 0 Å². The van der Waals surface area contributed by atoms with Gasteiger partial charge in [0.25, 0.3) is 0 Å². The van der Waals surface area contributed by atoms with Crippen LogP contribution in [-0.2, 0) is 11.8 Å². The number of nitrogens with two attached hydrogens (primary N) is 1. The van der Waals surface area contributed by atoms with Crippen molar-refractivity contribution in [3.8, 4) is 0 Å². The molecular formula is C13H18FNO. The summed E-state index contributed by atoms with van der Waals surface area (Å²) in [5, 5.41) is 9.19. The van der Waals surface area contributed by atoms with Crippen molar-refractivity contribution in [2.75, 3.05) is 6.61 Å². The lowest BCUT2D eigenvalue weighted by molar-refractivity contribution is 0.218. The molecule has 0 spiro atoms. The lowest BCUT2D eigenvalue weighted by atomic mass is 9.74. The molecular weight excluding hydrogens is 205 g/mol. The Labute approximate surface area is 95.3 Å². The highest BCUT2D eigenvalue weighted by Crippen LogP contribution is 2.44. The van der Waals surface area contributed by atoms with Crippen molar-refractivity contribution in [3.05, 3.63) is 35.1 Å². The molecule has 2 nitrogen and oxygen atoms in total. The van der Waals surface area contributed by atoms with Crippen molar-refractivity contribution >= 4 is 0 Å². The summed E-state index contributed by atoms with van der Waals surface area (Å²) in [5.41, 5.74) is 7.59. The highest BCUT2D eigenvalue weighted by molar-refractivity contribution is 5.41. The average Bonchev–Trinajstić information content (AvgIpc) is 2.61. The second kappa shape index (κ2) is 4.15. The van der Waals surface area contributed by atoms with Crippen molar-refractivity contribution in [3.63, 3.8) is 0 Å².